The molecule has 0 aliphatic carbocycles. The molecule has 2 heterocycles. The molecule has 9 rings (SSSR count). The summed E-state index contributed by atoms with van der Waals surface area (Å²) < 4.78 is 4.94. The van der Waals surface area contributed by atoms with Gasteiger partial charge in [-0.15, -0.1) is 0 Å². The van der Waals surface area contributed by atoms with E-state index in [4.69, 9.17) is 0 Å². The normalized spacial score (nSPS) is 11.6. The fourth-order valence-corrected chi connectivity index (χ4v) is 10.6. The Morgan fingerprint density at radius 3 is 1.90 bits per heavy atom. The summed E-state index contributed by atoms with van der Waals surface area (Å²) in [6, 6.07) is 54.1. The fraction of sp³-hybridized carbons (Fsp3) is 0.0444. The van der Waals surface area contributed by atoms with Crippen LogP contribution in [0.1, 0.15) is 11.1 Å². The first-order chi connectivity index (χ1) is 23.6. The number of hydrogen-bond donors (Lipinski definition) is 0. The van der Waals surface area contributed by atoms with Crippen molar-refractivity contribution in [3.8, 4) is 39.1 Å². The van der Waals surface area contributed by atoms with Gasteiger partial charge in [-0.05, 0) is 0 Å². The Balaban J connectivity index is 1.32. The van der Waals surface area contributed by atoms with Crippen LogP contribution in [0, 0.1) is 13.8 Å². The van der Waals surface area contributed by atoms with Crippen LogP contribution in [0.2, 0.25) is 0 Å². The molecule has 3 heteroatoms. The molecule has 0 saturated heterocycles. The van der Waals surface area contributed by atoms with Gasteiger partial charge < -0.3 is 0 Å². The van der Waals surface area contributed by atoms with Gasteiger partial charge in [-0.3, -0.25) is 0 Å². The summed E-state index contributed by atoms with van der Waals surface area (Å²) in [6.45, 7) is 4.50. The molecule has 0 radical (unpaired) electrons. The predicted octanol–water partition coefficient (Wildman–Crippen LogP) is 11.1. The summed E-state index contributed by atoms with van der Waals surface area (Å²) in [7, 11) is 0. The van der Waals surface area contributed by atoms with Crippen molar-refractivity contribution >= 4 is 59.8 Å². The Bertz CT molecular complexity index is 2750. The van der Waals surface area contributed by atoms with E-state index in [1.807, 2.05) is 18.2 Å². The van der Waals surface area contributed by atoms with Gasteiger partial charge >= 0.3 is 254 Å². The molecule has 0 fully saturated rings. The van der Waals surface area contributed by atoms with E-state index >= 15 is 0 Å². The van der Waals surface area contributed by atoms with Crippen LogP contribution in [0.15, 0.2) is 156 Å². The van der Waals surface area contributed by atoms with E-state index in [1.165, 1.54) is 62.0 Å². The molecular weight excluding hydrogens is 698 g/mol. The second-order valence-electron chi connectivity index (χ2n) is 12.5. The van der Waals surface area contributed by atoms with Gasteiger partial charge in [0.15, 0.2) is 0 Å². The van der Waals surface area contributed by atoms with E-state index < -0.39 is 20.4 Å². The van der Waals surface area contributed by atoms with E-state index in [1.54, 1.807) is 0 Å². The molecule has 0 aliphatic rings. The molecule has 9 aromatic rings. The minimum atomic E-state index is -0.660. The molecular formula is C45H31NOTe. The summed E-state index contributed by atoms with van der Waals surface area (Å²) in [4.78, 5) is 13.4. The third-order valence-electron chi connectivity index (χ3n) is 9.71. The first-order valence-corrected chi connectivity index (χ1v) is 18.6. The fourth-order valence-electron chi connectivity index (χ4n) is 7.41. The topological polar surface area (TPSA) is 22.0 Å². The van der Waals surface area contributed by atoms with E-state index in [9.17, 15) is 4.79 Å². The summed E-state index contributed by atoms with van der Waals surface area (Å²) in [5.74, 6) is 0. The Hall–Kier alpha value is -5.20. The molecule has 0 spiro atoms. The first kappa shape index (κ1) is 29.0. The van der Waals surface area contributed by atoms with Crippen molar-refractivity contribution in [2.75, 3.05) is 0 Å². The quantitative estimate of drug-likeness (QED) is 0.131. The van der Waals surface area contributed by atoms with E-state index in [-0.39, 0.29) is 5.43 Å². The van der Waals surface area contributed by atoms with Crippen LogP contribution in [0.25, 0.3) is 78.5 Å². The van der Waals surface area contributed by atoms with Crippen LogP contribution in [-0.4, -0.2) is 25.0 Å². The number of benzene rings is 7. The van der Waals surface area contributed by atoms with E-state index in [0.717, 1.165) is 27.6 Å². The average Bonchev–Trinajstić information content (AvgIpc) is 3.50. The monoisotopic (exact) mass is 731 g/mol. The molecule has 0 N–H and O–H groups in total. The van der Waals surface area contributed by atoms with Crippen molar-refractivity contribution in [2.45, 2.75) is 13.8 Å². The number of fused-ring (bicyclic) bond motifs is 5. The Morgan fingerprint density at radius 2 is 1.10 bits per heavy atom. The minimum absolute atomic E-state index is 0.150. The predicted molar refractivity (Wildman–Crippen MR) is 205 cm³/mol. The molecule has 0 saturated carbocycles. The van der Waals surface area contributed by atoms with Gasteiger partial charge in [0.25, 0.3) is 0 Å². The summed E-state index contributed by atoms with van der Waals surface area (Å²) in [6.07, 6.45) is 0. The molecule has 2 aromatic heterocycles. The van der Waals surface area contributed by atoms with E-state index in [2.05, 4.69) is 152 Å². The van der Waals surface area contributed by atoms with Gasteiger partial charge in [-0.25, -0.2) is 0 Å². The Kier molecular flexibility index (Phi) is 6.94. The Morgan fingerprint density at radius 1 is 0.479 bits per heavy atom. The van der Waals surface area contributed by atoms with Crippen molar-refractivity contribution in [3.05, 3.63) is 173 Å². The van der Waals surface area contributed by atoms with Crippen LogP contribution < -0.4 is 5.43 Å². The van der Waals surface area contributed by atoms with Crippen molar-refractivity contribution < 1.29 is 0 Å². The van der Waals surface area contributed by atoms with Crippen LogP contribution >= 0.6 is 0 Å². The van der Waals surface area contributed by atoms with Gasteiger partial charge in [-0.1, -0.05) is 36.4 Å². The zero-order valence-electron chi connectivity index (χ0n) is 26.7. The first-order valence-electron chi connectivity index (χ1n) is 16.3. The maximum atomic E-state index is 13.4. The molecule has 2 nitrogen and oxygen atoms in total. The van der Waals surface area contributed by atoms with Crippen LogP contribution in [-0.2, 0) is 0 Å². The molecule has 0 bridgehead atoms. The van der Waals surface area contributed by atoms with Crippen LogP contribution in [0.3, 0.4) is 0 Å². The van der Waals surface area contributed by atoms with Gasteiger partial charge in [0.1, 0.15) is 0 Å². The molecule has 228 valence electrons. The SMILES string of the molecule is Cc1c(-c2ccccc2)ccc2c3c(-c4ccccc4)ccc(C)c3n(-c3cccc(-c4ccc5c(=O)c6ccccc6[te]c5c4)c3)c12. The number of rotatable bonds is 4. The molecule has 7 aromatic carbocycles. The van der Waals surface area contributed by atoms with Crippen LogP contribution in [0.4, 0.5) is 0 Å². The third kappa shape index (κ3) is 4.58. The van der Waals surface area contributed by atoms with Crippen molar-refractivity contribution in [3.63, 3.8) is 0 Å². The van der Waals surface area contributed by atoms with Gasteiger partial charge in [-0.2, -0.15) is 0 Å². The van der Waals surface area contributed by atoms with Gasteiger partial charge in [0, 0.05) is 0 Å². The Labute approximate surface area is 288 Å². The second kappa shape index (κ2) is 11.5. The number of aryl methyl sites for hydroxylation is 2. The van der Waals surface area contributed by atoms with Crippen molar-refractivity contribution in [1.82, 2.24) is 4.57 Å². The average molecular weight is 729 g/mol. The van der Waals surface area contributed by atoms with E-state index in [0.29, 0.717) is 0 Å². The molecule has 0 atom stereocenters. The van der Waals surface area contributed by atoms with Crippen molar-refractivity contribution in [2.24, 2.45) is 0 Å². The molecule has 48 heavy (non-hydrogen) atoms. The zero-order chi connectivity index (χ0) is 32.4. The molecule has 0 aliphatic heterocycles. The number of hydrogen-bond acceptors (Lipinski definition) is 1. The maximum absolute atomic E-state index is 13.4. The third-order valence-corrected chi connectivity index (χ3v) is 12.9. The standard InChI is InChI=1S/C45H31NOTe/c1-28-20-22-36(31-14-7-4-8-15-31)42-39-25-24-35(30-12-5-3-6-13-30)29(2)44(39)46(43(28)42)34-17-11-16-32(26-34)33-21-23-38-41(27-33)48-40-19-10-9-18-37(40)45(38)47/h3-27H,1-2H3. The summed E-state index contributed by atoms with van der Waals surface area (Å²) in [5.41, 5.74) is 13.5. The number of nitrogens with zero attached hydrogens (tertiary/aromatic N) is 1. The van der Waals surface area contributed by atoms with Gasteiger partial charge in [0.2, 0.25) is 0 Å². The van der Waals surface area contributed by atoms with Crippen molar-refractivity contribution in [1.29, 1.82) is 0 Å². The number of aromatic nitrogens is 1. The summed E-state index contributed by atoms with van der Waals surface area (Å²) in [5, 5.41) is 4.28. The molecule has 0 unspecified atom stereocenters. The summed E-state index contributed by atoms with van der Waals surface area (Å²) >= 11 is -0.660. The zero-order valence-corrected chi connectivity index (χ0v) is 29.0. The molecule has 0 amide bonds. The van der Waals surface area contributed by atoms with Crippen LogP contribution in [0.5, 0.6) is 0 Å². The second-order valence-corrected chi connectivity index (χ2v) is 15.6. The van der Waals surface area contributed by atoms with Gasteiger partial charge in [0.05, 0.1) is 0 Å².